The molecule has 2 aromatic heterocycles. The van der Waals surface area contributed by atoms with Gasteiger partial charge in [-0.05, 0) is 12.2 Å². The summed E-state index contributed by atoms with van der Waals surface area (Å²) in [6.07, 6.45) is 4.47. The molecule has 0 radical (unpaired) electrons. The predicted octanol–water partition coefficient (Wildman–Crippen LogP) is 2.00. The van der Waals surface area contributed by atoms with Crippen LogP contribution in [0.5, 0.6) is 0 Å². The van der Waals surface area contributed by atoms with Crippen LogP contribution in [0.2, 0.25) is 5.15 Å². The molecule has 4 nitrogen and oxygen atoms in total. The van der Waals surface area contributed by atoms with E-state index in [1.54, 1.807) is 12.4 Å². The fourth-order valence-electron chi connectivity index (χ4n) is 1.84. The first-order chi connectivity index (χ1) is 7.36. The molecular formula is C9H9ClN4S. The van der Waals surface area contributed by atoms with Crippen molar-refractivity contribution in [1.29, 1.82) is 0 Å². The lowest BCUT2D eigenvalue weighted by molar-refractivity contribution is 0.705. The van der Waals surface area contributed by atoms with Crippen LogP contribution < -0.4 is 0 Å². The van der Waals surface area contributed by atoms with E-state index in [1.165, 1.54) is 5.75 Å². The van der Waals surface area contributed by atoms with Gasteiger partial charge in [0.25, 0.3) is 0 Å². The number of nitrogens with zero attached hydrogens (tertiary/aromatic N) is 4. The average Bonchev–Trinajstić information content (AvgIpc) is 2.85. The Bertz CT molecular complexity index is 492. The molecule has 15 heavy (non-hydrogen) atoms. The van der Waals surface area contributed by atoms with Crippen LogP contribution in [0.1, 0.15) is 18.2 Å². The molecule has 3 heterocycles. The summed E-state index contributed by atoms with van der Waals surface area (Å²) in [7, 11) is 0. The van der Waals surface area contributed by atoms with E-state index in [2.05, 4.69) is 15.2 Å². The predicted molar refractivity (Wildman–Crippen MR) is 60.5 cm³/mol. The molecule has 2 aromatic rings. The van der Waals surface area contributed by atoms with Crippen molar-refractivity contribution in [1.82, 2.24) is 19.6 Å². The largest absolute Gasteiger partial charge is 0.266 e. The van der Waals surface area contributed by atoms with Gasteiger partial charge in [0.2, 0.25) is 0 Å². The standard InChI is InChI=1S/C9H9ClN4S/c10-7-3-11-4-8-12-13-9(14(7)8)6-1-2-15-5-6/h3-4,6H,1-2,5H2. The molecule has 1 aliphatic heterocycles. The summed E-state index contributed by atoms with van der Waals surface area (Å²) in [5.41, 5.74) is 0.731. The van der Waals surface area contributed by atoms with Gasteiger partial charge >= 0.3 is 0 Å². The van der Waals surface area contributed by atoms with Crippen LogP contribution in [0.3, 0.4) is 0 Å². The van der Waals surface area contributed by atoms with E-state index in [1.807, 2.05) is 16.2 Å². The van der Waals surface area contributed by atoms with Crippen molar-refractivity contribution in [2.75, 3.05) is 11.5 Å². The smallest absolute Gasteiger partial charge is 0.180 e. The maximum atomic E-state index is 6.10. The van der Waals surface area contributed by atoms with Crippen molar-refractivity contribution in [3.63, 3.8) is 0 Å². The van der Waals surface area contributed by atoms with Gasteiger partial charge in [-0.1, -0.05) is 11.6 Å². The molecule has 78 valence electrons. The molecule has 0 amide bonds. The number of rotatable bonds is 1. The summed E-state index contributed by atoms with van der Waals surface area (Å²) in [6, 6.07) is 0. The van der Waals surface area contributed by atoms with Gasteiger partial charge in [-0.25, -0.2) is 0 Å². The highest BCUT2D eigenvalue weighted by molar-refractivity contribution is 7.99. The summed E-state index contributed by atoms with van der Waals surface area (Å²) in [5.74, 6) is 3.76. The lowest BCUT2D eigenvalue weighted by atomic mass is 10.1. The van der Waals surface area contributed by atoms with Gasteiger partial charge in [-0.2, -0.15) is 11.8 Å². The second-order valence-corrected chi connectivity index (χ2v) is 5.08. The van der Waals surface area contributed by atoms with E-state index in [-0.39, 0.29) is 0 Å². The van der Waals surface area contributed by atoms with Crippen molar-refractivity contribution in [3.8, 4) is 0 Å². The van der Waals surface area contributed by atoms with Crippen LogP contribution in [-0.2, 0) is 0 Å². The zero-order chi connectivity index (χ0) is 10.3. The topological polar surface area (TPSA) is 43.1 Å². The number of hydrogen-bond donors (Lipinski definition) is 0. The van der Waals surface area contributed by atoms with Gasteiger partial charge in [0.15, 0.2) is 5.65 Å². The second-order valence-electron chi connectivity index (χ2n) is 3.54. The lowest BCUT2D eigenvalue weighted by Gasteiger charge is -2.06. The Labute approximate surface area is 96.1 Å². The Morgan fingerprint density at radius 2 is 2.33 bits per heavy atom. The fourth-order valence-corrected chi connectivity index (χ4v) is 3.28. The molecule has 1 aliphatic rings. The Morgan fingerprint density at radius 1 is 1.40 bits per heavy atom. The average molecular weight is 241 g/mol. The Kier molecular flexibility index (Phi) is 2.29. The lowest BCUT2D eigenvalue weighted by Crippen LogP contribution is -2.04. The van der Waals surface area contributed by atoms with E-state index >= 15 is 0 Å². The number of thioether (sulfide) groups is 1. The van der Waals surface area contributed by atoms with Crippen molar-refractivity contribution in [2.24, 2.45) is 0 Å². The Hall–Kier alpha value is -0.810. The monoisotopic (exact) mass is 240 g/mol. The summed E-state index contributed by atoms with van der Waals surface area (Å²) in [6.45, 7) is 0. The van der Waals surface area contributed by atoms with E-state index in [4.69, 9.17) is 11.6 Å². The van der Waals surface area contributed by atoms with Crippen LogP contribution in [-0.4, -0.2) is 31.1 Å². The highest BCUT2D eigenvalue weighted by atomic mass is 35.5. The first-order valence-electron chi connectivity index (χ1n) is 4.78. The molecule has 0 aromatic carbocycles. The van der Waals surface area contributed by atoms with Crippen molar-refractivity contribution in [3.05, 3.63) is 23.4 Å². The van der Waals surface area contributed by atoms with Crippen molar-refractivity contribution >= 4 is 29.0 Å². The number of aromatic nitrogens is 4. The first kappa shape index (κ1) is 9.42. The highest BCUT2D eigenvalue weighted by Crippen LogP contribution is 2.32. The zero-order valence-electron chi connectivity index (χ0n) is 7.93. The maximum absolute atomic E-state index is 6.10. The summed E-state index contributed by atoms with van der Waals surface area (Å²) < 4.78 is 1.89. The molecule has 0 aliphatic carbocycles. The minimum Gasteiger partial charge on any atom is -0.266 e. The minimum absolute atomic E-state index is 0.477. The van der Waals surface area contributed by atoms with Gasteiger partial charge in [0.05, 0.1) is 12.4 Å². The van der Waals surface area contributed by atoms with Crippen molar-refractivity contribution < 1.29 is 0 Å². The third-order valence-corrected chi connectivity index (χ3v) is 4.02. The maximum Gasteiger partial charge on any atom is 0.180 e. The quantitative estimate of drug-likeness (QED) is 0.765. The van der Waals surface area contributed by atoms with Crippen LogP contribution in [0, 0.1) is 0 Å². The van der Waals surface area contributed by atoms with Gasteiger partial charge in [-0.15, -0.1) is 10.2 Å². The summed E-state index contributed by atoms with van der Waals surface area (Å²) in [5, 5.41) is 8.88. The van der Waals surface area contributed by atoms with Crippen molar-refractivity contribution in [2.45, 2.75) is 12.3 Å². The van der Waals surface area contributed by atoms with Gasteiger partial charge in [-0.3, -0.25) is 9.38 Å². The molecule has 0 spiro atoms. The SMILES string of the molecule is Clc1cncc2nnc(C3CCSC3)n12. The molecular weight excluding hydrogens is 232 g/mol. The van der Waals surface area contributed by atoms with Crippen LogP contribution in [0.15, 0.2) is 12.4 Å². The molecule has 6 heteroatoms. The zero-order valence-corrected chi connectivity index (χ0v) is 9.50. The minimum atomic E-state index is 0.477. The molecule has 1 unspecified atom stereocenters. The van der Waals surface area contributed by atoms with Gasteiger partial charge in [0, 0.05) is 11.7 Å². The fraction of sp³-hybridized carbons (Fsp3) is 0.444. The van der Waals surface area contributed by atoms with E-state index in [0.717, 1.165) is 23.6 Å². The molecule has 1 saturated heterocycles. The number of fused-ring (bicyclic) bond motifs is 1. The second kappa shape index (κ2) is 3.64. The third-order valence-electron chi connectivity index (χ3n) is 2.59. The van der Waals surface area contributed by atoms with E-state index in [0.29, 0.717) is 11.1 Å². The van der Waals surface area contributed by atoms with Gasteiger partial charge < -0.3 is 0 Å². The van der Waals surface area contributed by atoms with Crippen LogP contribution in [0.4, 0.5) is 0 Å². The molecule has 1 atom stereocenters. The normalized spacial score (nSPS) is 21.3. The molecule has 0 N–H and O–H groups in total. The van der Waals surface area contributed by atoms with E-state index in [9.17, 15) is 0 Å². The summed E-state index contributed by atoms with van der Waals surface area (Å²) in [4.78, 5) is 3.99. The Morgan fingerprint density at radius 3 is 3.13 bits per heavy atom. The Balaban J connectivity index is 2.18. The number of hydrogen-bond acceptors (Lipinski definition) is 4. The first-order valence-corrected chi connectivity index (χ1v) is 6.32. The van der Waals surface area contributed by atoms with Crippen LogP contribution >= 0.6 is 23.4 Å². The molecule has 3 rings (SSSR count). The van der Waals surface area contributed by atoms with E-state index < -0.39 is 0 Å². The third kappa shape index (κ3) is 1.50. The molecule has 0 bridgehead atoms. The molecule has 1 fully saturated rings. The number of halogens is 1. The molecule has 0 saturated carbocycles. The van der Waals surface area contributed by atoms with Crippen LogP contribution in [0.25, 0.3) is 5.65 Å². The van der Waals surface area contributed by atoms with Gasteiger partial charge in [0.1, 0.15) is 11.0 Å². The summed E-state index contributed by atoms with van der Waals surface area (Å²) >= 11 is 8.05. The highest BCUT2D eigenvalue weighted by Gasteiger charge is 2.23.